The molecule has 2 nitrogen and oxygen atoms in total. The van der Waals surface area contributed by atoms with E-state index in [-0.39, 0.29) is 0 Å². The molecule has 20 heavy (non-hydrogen) atoms. The van der Waals surface area contributed by atoms with E-state index < -0.39 is 0 Å². The molecule has 108 valence electrons. The van der Waals surface area contributed by atoms with Crippen molar-refractivity contribution < 1.29 is 0 Å². The summed E-state index contributed by atoms with van der Waals surface area (Å²) in [7, 11) is 0. The summed E-state index contributed by atoms with van der Waals surface area (Å²) in [6.07, 6.45) is 1.04. The second-order valence-electron chi connectivity index (χ2n) is 5.49. The van der Waals surface area contributed by atoms with Gasteiger partial charge in [-0.3, -0.25) is 0 Å². The van der Waals surface area contributed by atoms with Gasteiger partial charge < -0.3 is 5.32 Å². The third-order valence-electron chi connectivity index (χ3n) is 3.80. The molecule has 3 heteroatoms. The quantitative estimate of drug-likeness (QED) is 0.888. The molecule has 1 atom stereocenters. The third-order valence-corrected chi connectivity index (χ3v) is 4.84. The van der Waals surface area contributed by atoms with Crippen molar-refractivity contribution in [3.63, 3.8) is 0 Å². The largest absolute Gasteiger partial charge is 0.309 e. The number of aryl methyl sites for hydroxylation is 4. The van der Waals surface area contributed by atoms with Gasteiger partial charge >= 0.3 is 0 Å². The molecule has 0 saturated carbocycles. The molecule has 0 aliphatic heterocycles. The number of likely N-dealkylation sites (N-methyl/N-ethyl adjacent to an activating group) is 1. The Labute approximate surface area is 126 Å². The predicted octanol–water partition coefficient (Wildman–Crippen LogP) is 4.27. The van der Waals surface area contributed by atoms with Gasteiger partial charge in [-0.1, -0.05) is 24.6 Å². The molecule has 0 amide bonds. The van der Waals surface area contributed by atoms with Gasteiger partial charge in [0.05, 0.1) is 11.2 Å². The fraction of sp³-hybridized carbons (Fsp3) is 0.471. The molecule has 2 rings (SSSR count). The van der Waals surface area contributed by atoms with Crippen molar-refractivity contribution in [1.82, 2.24) is 10.3 Å². The minimum atomic E-state index is 0.368. The number of thiazole rings is 1. The summed E-state index contributed by atoms with van der Waals surface area (Å²) in [6, 6.07) is 4.93. The Morgan fingerprint density at radius 2 is 1.80 bits per heavy atom. The Bertz CT molecular complexity index is 563. The number of nitrogens with zero attached hydrogens (tertiary/aromatic N) is 1. The van der Waals surface area contributed by atoms with Crippen molar-refractivity contribution >= 4 is 11.3 Å². The maximum absolute atomic E-state index is 4.40. The van der Waals surface area contributed by atoms with Crippen LogP contribution in [-0.2, 0) is 6.42 Å². The van der Waals surface area contributed by atoms with E-state index in [4.69, 9.17) is 0 Å². The lowest BCUT2D eigenvalue weighted by Gasteiger charge is -2.20. The molecule has 1 unspecified atom stereocenters. The van der Waals surface area contributed by atoms with Gasteiger partial charge in [0.1, 0.15) is 0 Å². The van der Waals surface area contributed by atoms with E-state index in [2.05, 4.69) is 57.1 Å². The van der Waals surface area contributed by atoms with Crippen LogP contribution in [0.3, 0.4) is 0 Å². The second kappa shape index (κ2) is 6.51. The summed E-state index contributed by atoms with van der Waals surface area (Å²) in [6.45, 7) is 11.9. The molecule has 0 aliphatic rings. The maximum Gasteiger partial charge on any atom is 0.0798 e. The van der Waals surface area contributed by atoms with Gasteiger partial charge in [0.25, 0.3) is 0 Å². The second-order valence-corrected chi connectivity index (χ2v) is 6.38. The fourth-order valence-electron chi connectivity index (χ4n) is 2.89. The predicted molar refractivity (Wildman–Crippen MR) is 87.6 cm³/mol. The van der Waals surface area contributed by atoms with E-state index in [9.17, 15) is 0 Å². The zero-order valence-electron chi connectivity index (χ0n) is 13.1. The molecule has 0 saturated heterocycles. The molecule has 0 aliphatic carbocycles. The molecule has 0 radical (unpaired) electrons. The van der Waals surface area contributed by atoms with Gasteiger partial charge in [-0.15, -0.1) is 11.3 Å². The van der Waals surface area contributed by atoms with E-state index in [0.29, 0.717) is 6.04 Å². The van der Waals surface area contributed by atoms with Gasteiger partial charge in [-0.25, -0.2) is 4.98 Å². The third kappa shape index (κ3) is 3.28. The maximum atomic E-state index is 4.40. The van der Waals surface area contributed by atoms with Crippen LogP contribution < -0.4 is 5.32 Å². The van der Waals surface area contributed by atoms with Crippen LogP contribution in [0.1, 0.15) is 45.8 Å². The number of rotatable bonds is 5. The number of aromatic nitrogens is 1. The van der Waals surface area contributed by atoms with E-state index >= 15 is 0 Å². The summed E-state index contributed by atoms with van der Waals surface area (Å²) < 4.78 is 0. The van der Waals surface area contributed by atoms with Crippen LogP contribution >= 0.6 is 11.3 Å². The molecular weight excluding hydrogens is 264 g/mol. The topological polar surface area (TPSA) is 24.9 Å². The number of nitrogens with one attached hydrogen (secondary N) is 1. The number of hydrogen-bond donors (Lipinski definition) is 1. The lowest BCUT2D eigenvalue weighted by atomic mass is 9.93. The van der Waals surface area contributed by atoms with Crippen molar-refractivity contribution in [2.45, 2.75) is 47.1 Å². The molecule has 1 heterocycles. The highest BCUT2D eigenvalue weighted by molar-refractivity contribution is 7.09. The molecule has 1 N–H and O–H groups in total. The Morgan fingerprint density at radius 1 is 1.15 bits per heavy atom. The zero-order valence-corrected chi connectivity index (χ0v) is 13.9. The highest BCUT2D eigenvalue weighted by Gasteiger charge is 2.18. The Hall–Kier alpha value is -1.19. The molecular formula is C17H24N2S. The zero-order chi connectivity index (χ0) is 14.7. The van der Waals surface area contributed by atoms with Crippen LogP contribution in [0.4, 0.5) is 0 Å². The Morgan fingerprint density at radius 3 is 2.30 bits per heavy atom. The lowest BCUT2D eigenvalue weighted by Crippen LogP contribution is -2.23. The summed E-state index contributed by atoms with van der Waals surface area (Å²) >= 11 is 1.76. The van der Waals surface area contributed by atoms with E-state index in [0.717, 1.165) is 18.7 Å². The number of hydrogen-bond acceptors (Lipinski definition) is 3. The lowest BCUT2D eigenvalue weighted by molar-refractivity contribution is 0.552. The number of benzene rings is 1. The van der Waals surface area contributed by atoms with Crippen molar-refractivity contribution in [2.75, 3.05) is 6.54 Å². The van der Waals surface area contributed by atoms with E-state index in [1.165, 1.54) is 27.1 Å². The monoisotopic (exact) mass is 288 g/mol. The van der Waals surface area contributed by atoms with Gasteiger partial charge in [0.2, 0.25) is 0 Å². The van der Waals surface area contributed by atoms with Crippen LogP contribution in [-0.4, -0.2) is 11.5 Å². The Kier molecular flexibility index (Phi) is 4.95. The van der Waals surface area contributed by atoms with Crippen molar-refractivity contribution in [1.29, 1.82) is 0 Å². The first-order valence-corrected chi connectivity index (χ1v) is 8.11. The summed E-state index contributed by atoms with van der Waals surface area (Å²) in [4.78, 5) is 5.77. The first-order chi connectivity index (χ1) is 9.52. The normalized spacial score (nSPS) is 12.7. The summed E-state index contributed by atoms with van der Waals surface area (Å²) in [5.41, 5.74) is 8.71. The van der Waals surface area contributed by atoms with Gasteiger partial charge in [0, 0.05) is 10.9 Å². The van der Waals surface area contributed by atoms with Crippen LogP contribution in [0, 0.1) is 27.7 Å². The van der Waals surface area contributed by atoms with Crippen LogP contribution in [0.25, 0.3) is 0 Å². The Balaban J connectivity index is 2.32. The first-order valence-electron chi connectivity index (χ1n) is 7.23. The highest BCUT2D eigenvalue weighted by atomic mass is 32.1. The van der Waals surface area contributed by atoms with Gasteiger partial charge in [0.15, 0.2) is 0 Å². The van der Waals surface area contributed by atoms with E-state index in [1.807, 2.05) is 5.51 Å². The molecule has 0 spiro atoms. The average Bonchev–Trinajstić information content (AvgIpc) is 2.78. The molecule has 0 fully saturated rings. The first kappa shape index (κ1) is 15.2. The van der Waals surface area contributed by atoms with Crippen molar-refractivity contribution in [2.24, 2.45) is 0 Å². The van der Waals surface area contributed by atoms with Gasteiger partial charge in [-0.05, 0) is 57.4 Å². The SMILES string of the molecule is CCNC(Cc1c(C)cc(C)cc1C)c1scnc1C. The van der Waals surface area contributed by atoms with Crippen LogP contribution in [0.15, 0.2) is 17.6 Å². The van der Waals surface area contributed by atoms with Gasteiger partial charge in [-0.2, -0.15) is 0 Å². The molecule has 1 aromatic carbocycles. The summed E-state index contributed by atoms with van der Waals surface area (Å²) in [5.74, 6) is 0. The minimum Gasteiger partial charge on any atom is -0.309 e. The highest BCUT2D eigenvalue weighted by Crippen LogP contribution is 2.28. The van der Waals surface area contributed by atoms with Crippen molar-refractivity contribution in [3.8, 4) is 0 Å². The molecule has 2 aromatic rings. The van der Waals surface area contributed by atoms with E-state index in [1.54, 1.807) is 11.3 Å². The van der Waals surface area contributed by atoms with Crippen molar-refractivity contribution in [3.05, 3.63) is 50.5 Å². The fourth-order valence-corrected chi connectivity index (χ4v) is 3.76. The molecule has 0 bridgehead atoms. The molecule has 1 aromatic heterocycles. The standard InChI is InChI=1S/C17H24N2S/c1-6-18-16(17-14(5)19-10-20-17)9-15-12(3)7-11(2)8-13(15)4/h7-8,10,16,18H,6,9H2,1-5H3. The average molecular weight is 288 g/mol. The smallest absolute Gasteiger partial charge is 0.0798 e. The van der Waals surface area contributed by atoms with Crippen LogP contribution in [0.5, 0.6) is 0 Å². The minimum absolute atomic E-state index is 0.368. The summed E-state index contributed by atoms with van der Waals surface area (Å²) in [5, 5.41) is 3.61. The van der Waals surface area contributed by atoms with Crippen LogP contribution in [0.2, 0.25) is 0 Å².